The predicted molar refractivity (Wildman–Crippen MR) is 41.6 cm³/mol. The average molecular weight is 138 g/mol. The summed E-state index contributed by atoms with van der Waals surface area (Å²) in [6, 6.07) is 0. The van der Waals surface area contributed by atoms with Crippen molar-refractivity contribution in [1.29, 1.82) is 0 Å². The summed E-state index contributed by atoms with van der Waals surface area (Å²) in [5.74, 6) is 2.62. The van der Waals surface area contributed by atoms with Crippen LogP contribution in [0.2, 0.25) is 0 Å². The molecule has 1 nitrogen and oxygen atoms in total. The quantitative estimate of drug-likeness (QED) is 0.330. The lowest BCUT2D eigenvalue weighted by atomic mass is 10.1. The van der Waals surface area contributed by atoms with Crippen LogP contribution in [0.4, 0.5) is 0 Å². The number of terminal acetylenes is 1. The maximum absolute atomic E-state index is 5.38. The lowest BCUT2D eigenvalue weighted by molar-refractivity contribution is 0.319. The molecule has 0 saturated carbocycles. The lowest BCUT2D eigenvalue weighted by Crippen LogP contribution is -2.02. The molecule has 1 heteroatoms. The van der Waals surface area contributed by atoms with Crippen molar-refractivity contribution in [3.8, 4) is 12.3 Å². The molecule has 0 N–H and O–H groups in total. The van der Waals surface area contributed by atoms with Gasteiger partial charge >= 0.3 is 0 Å². The molecule has 0 aromatic rings. The Kier molecular flexibility index (Phi) is 2.01. The van der Waals surface area contributed by atoms with E-state index in [-0.39, 0.29) is 5.60 Å². The van der Waals surface area contributed by atoms with Gasteiger partial charge in [0.2, 0.25) is 0 Å². The van der Waals surface area contributed by atoms with E-state index in [1.165, 1.54) is 0 Å². The molecule has 1 atom stereocenters. The molecule has 1 saturated heterocycles. The largest absolute Gasteiger partial charge is 0.367 e. The Hall–Kier alpha value is -0.480. The van der Waals surface area contributed by atoms with Crippen LogP contribution in [0.25, 0.3) is 0 Å². The van der Waals surface area contributed by atoms with Gasteiger partial charge in [-0.2, -0.15) is 0 Å². The highest BCUT2D eigenvalue weighted by atomic mass is 16.6. The first-order chi connectivity index (χ1) is 4.67. The van der Waals surface area contributed by atoms with Gasteiger partial charge in [0, 0.05) is 6.42 Å². The van der Waals surface area contributed by atoms with E-state index in [0.29, 0.717) is 6.10 Å². The molecule has 0 spiro atoms. The van der Waals surface area contributed by atoms with Gasteiger partial charge in [-0.15, -0.1) is 12.3 Å². The monoisotopic (exact) mass is 138 g/mol. The first kappa shape index (κ1) is 7.63. The Morgan fingerprint density at radius 1 is 1.60 bits per heavy atom. The maximum Gasteiger partial charge on any atom is 0.0892 e. The van der Waals surface area contributed by atoms with Gasteiger partial charge in [-0.1, -0.05) is 0 Å². The van der Waals surface area contributed by atoms with Crippen molar-refractivity contribution in [1.82, 2.24) is 0 Å². The van der Waals surface area contributed by atoms with E-state index < -0.39 is 0 Å². The van der Waals surface area contributed by atoms with E-state index >= 15 is 0 Å². The second-order valence-electron chi connectivity index (χ2n) is 3.31. The maximum atomic E-state index is 5.38. The number of epoxide rings is 1. The second kappa shape index (κ2) is 2.64. The Morgan fingerprint density at radius 2 is 2.20 bits per heavy atom. The predicted octanol–water partition coefficient (Wildman–Crippen LogP) is 1.97. The van der Waals surface area contributed by atoms with Crippen LogP contribution in [-0.2, 0) is 4.74 Å². The third kappa shape index (κ3) is 1.75. The van der Waals surface area contributed by atoms with E-state index in [1.807, 2.05) is 0 Å². The normalized spacial score (nSPS) is 27.5. The smallest absolute Gasteiger partial charge is 0.0892 e. The molecule has 0 aromatic carbocycles. The highest BCUT2D eigenvalue weighted by Crippen LogP contribution is 2.38. The fourth-order valence-electron chi connectivity index (χ4n) is 1.13. The molecule has 1 unspecified atom stereocenters. The molecule has 10 heavy (non-hydrogen) atoms. The van der Waals surface area contributed by atoms with Crippen LogP contribution in [0.3, 0.4) is 0 Å². The number of unbranched alkanes of at least 4 members (excludes halogenated alkanes) is 1. The zero-order valence-electron chi connectivity index (χ0n) is 6.68. The Bertz CT molecular complexity index is 153. The number of rotatable bonds is 3. The summed E-state index contributed by atoms with van der Waals surface area (Å²) in [5, 5.41) is 0. The minimum atomic E-state index is 0.147. The molecule has 1 aliphatic rings. The van der Waals surface area contributed by atoms with Crippen molar-refractivity contribution in [3.05, 3.63) is 0 Å². The Morgan fingerprint density at radius 3 is 2.60 bits per heavy atom. The number of ether oxygens (including phenoxy) is 1. The molecule has 0 aliphatic carbocycles. The summed E-state index contributed by atoms with van der Waals surface area (Å²) < 4.78 is 5.38. The van der Waals surface area contributed by atoms with Gasteiger partial charge in [0.25, 0.3) is 0 Å². The van der Waals surface area contributed by atoms with Gasteiger partial charge in [0.15, 0.2) is 0 Å². The van der Waals surface area contributed by atoms with Crippen LogP contribution < -0.4 is 0 Å². The van der Waals surface area contributed by atoms with Crippen molar-refractivity contribution in [2.45, 2.75) is 44.8 Å². The van der Waals surface area contributed by atoms with Gasteiger partial charge in [-0.05, 0) is 26.7 Å². The molecule has 0 aromatic heterocycles. The van der Waals surface area contributed by atoms with Gasteiger partial charge in [-0.25, -0.2) is 0 Å². The Labute approximate surface area is 62.8 Å². The number of hydrogen-bond donors (Lipinski definition) is 0. The van der Waals surface area contributed by atoms with Crippen LogP contribution >= 0.6 is 0 Å². The molecule has 0 radical (unpaired) electrons. The standard InChI is InChI=1S/C9H14O/c1-4-5-6-7-8-9(2,3)10-8/h1,8H,5-7H2,2-3H3. The van der Waals surface area contributed by atoms with Gasteiger partial charge in [0.05, 0.1) is 11.7 Å². The molecule has 1 rings (SSSR count). The highest BCUT2D eigenvalue weighted by Gasteiger charge is 2.46. The molecule has 1 fully saturated rings. The van der Waals surface area contributed by atoms with Crippen molar-refractivity contribution < 1.29 is 4.74 Å². The third-order valence-corrected chi connectivity index (χ3v) is 1.95. The van der Waals surface area contributed by atoms with Crippen molar-refractivity contribution >= 4 is 0 Å². The minimum Gasteiger partial charge on any atom is -0.367 e. The van der Waals surface area contributed by atoms with Gasteiger partial charge < -0.3 is 4.74 Å². The van der Waals surface area contributed by atoms with E-state index in [1.54, 1.807) is 0 Å². The summed E-state index contributed by atoms with van der Waals surface area (Å²) in [4.78, 5) is 0. The summed E-state index contributed by atoms with van der Waals surface area (Å²) in [7, 11) is 0. The van der Waals surface area contributed by atoms with Crippen LogP contribution in [0.1, 0.15) is 33.1 Å². The first-order valence-corrected chi connectivity index (χ1v) is 3.78. The molecule has 0 amide bonds. The molecule has 0 bridgehead atoms. The molecule has 1 heterocycles. The number of hydrogen-bond acceptors (Lipinski definition) is 1. The van der Waals surface area contributed by atoms with E-state index in [0.717, 1.165) is 19.3 Å². The minimum absolute atomic E-state index is 0.147. The lowest BCUT2D eigenvalue weighted by Gasteiger charge is -1.93. The molecular weight excluding hydrogens is 124 g/mol. The zero-order valence-corrected chi connectivity index (χ0v) is 6.68. The van der Waals surface area contributed by atoms with Crippen LogP contribution in [-0.4, -0.2) is 11.7 Å². The van der Waals surface area contributed by atoms with Gasteiger partial charge in [0.1, 0.15) is 0 Å². The van der Waals surface area contributed by atoms with Crippen molar-refractivity contribution in [2.24, 2.45) is 0 Å². The zero-order chi connectivity index (χ0) is 7.61. The fourth-order valence-corrected chi connectivity index (χ4v) is 1.13. The SMILES string of the molecule is C#CCCCC1OC1(C)C. The fraction of sp³-hybridized carbons (Fsp3) is 0.778. The van der Waals surface area contributed by atoms with Crippen molar-refractivity contribution in [2.75, 3.05) is 0 Å². The van der Waals surface area contributed by atoms with Crippen LogP contribution in [0.15, 0.2) is 0 Å². The molecular formula is C9H14O. The van der Waals surface area contributed by atoms with Crippen molar-refractivity contribution in [3.63, 3.8) is 0 Å². The second-order valence-corrected chi connectivity index (χ2v) is 3.31. The van der Waals surface area contributed by atoms with E-state index in [9.17, 15) is 0 Å². The van der Waals surface area contributed by atoms with E-state index in [4.69, 9.17) is 11.2 Å². The first-order valence-electron chi connectivity index (χ1n) is 3.78. The third-order valence-electron chi connectivity index (χ3n) is 1.95. The highest BCUT2D eigenvalue weighted by molar-refractivity contribution is 4.95. The summed E-state index contributed by atoms with van der Waals surface area (Å²) in [5.41, 5.74) is 0.147. The molecule has 1 aliphatic heterocycles. The van der Waals surface area contributed by atoms with E-state index in [2.05, 4.69) is 19.8 Å². The molecule has 56 valence electrons. The summed E-state index contributed by atoms with van der Waals surface area (Å²) in [6.07, 6.45) is 8.69. The van der Waals surface area contributed by atoms with Crippen LogP contribution in [0, 0.1) is 12.3 Å². The average Bonchev–Trinajstić information content (AvgIpc) is 2.41. The van der Waals surface area contributed by atoms with Gasteiger partial charge in [-0.3, -0.25) is 0 Å². The summed E-state index contributed by atoms with van der Waals surface area (Å²) >= 11 is 0. The van der Waals surface area contributed by atoms with Crippen LogP contribution in [0.5, 0.6) is 0 Å². The topological polar surface area (TPSA) is 12.5 Å². The Balaban J connectivity index is 2.03. The summed E-state index contributed by atoms with van der Waals surface area (Å²) in [6.45, 7) is 4.24.